The van der Waals surface area contributed by atoms with Gasteiger partial charge in [0, 0.05) is 18.4 Å². The Kier molecular flexibility index (Phi) is 4.39. The lowest BCUT2D eigenvalue weighted by Gasteiger charge is -2.15. The highest BCUT2D eigenvalue weighted by Crippen LogP contribution is 2.39. The number of thiophene rings is 1. The zero-order chi connectivity index (χ0) is 17.4. The van der Waals surface area contributed by atoms with E-state index in [2.05, 4.69) is 28.1 Å². The summed E-state index contributed by atoms with van der Waals surface area (Å²) in [5.74, 6) is 0.474. The van der Waals surface area contributed by atoms with E-state index in [-0.39, 0.29) is 17.9 Å². The Morgan fingerprint density at radius 1 is 1.40 bits per heavy atom. The predicted molar refractivity (Wildman–Crippen MR) is 97.1 cm³/mol. The molecular weight excluding hydrogens is 360 g/mol. The maximum atomic E-state index is 12.1. The van der Waals surface area contributed by atoms with E-state index in [0.29, 0.717) is 36.6 Å². The molecule has 130 valence electrons. The van der Waals surface area contributed by atoms with Crippen LogP contribution in [-0.4, -0.2) is 30.5 Å². The fourth-order valence-electron chi connectivity index (χ4n) is 3.25. The van der Waals surface area contributed by atoms with Crippen LogP contribution >= 0.6 is 22.9 Å². The van der Waals surface area contributed by atoms with Crippen LogP contribution in [0, 0.1) is 0 Å². The number of hydrogen-bond donors (Lipinski definition) is 2. The maximum absolute atomic E-state index is 12.1. The number of hydrogen-bond acceptors (Lipinski definition) is 4. The van der Waals surface area contributed by atoms with Crippen molar-refractivity contribution in [2.45, 2.75) is 31.4 Å². The van der Waals surface area contributed by atoms with Crippen LogP contribution in [0.3, 0.4) is 0 Å². The van der Waals surface area contributed by atoms with Gasteiger partial charge in [-0.15, -0.1) is 0 Å². The number of fused-ring (bicyclic) bond motifs is 1. The second kappa shape index (κ2) is 6.69. The van der Waals surface area contributed by atoms with Gasteiger partial charge in [0.05, 0.1) is 11.6 Å². The summed E-state index contributed by atoms with van der Waals surface area (Å²) >= 11 is 8.03. The summed E-state index contributed by atoms with van der Waals surface area (Å²) < 4.78 is 5.91. The first-order valence-electron chi connectivity index (χ1n) is 8.19. The zero-order valence-corrected chi connectivity index (χ0v) is 15.0. The molecule has 7 heteroatoms. The van der Waals surface area contributed by atoms with Crippen LogP contribution in [0.4, 0.5) is 0 Å². The van der Waals surface area contributed by atoms with Gasteiger partial charge >= 0.3 is 0 Å². The lowest BCUT2D eigenvalue weighted by atomic mass is 10.0. The average Bonchev–Trinajstić information content (AvgIpc) is 3.32. The highest BCUT2D eigenvalue weighted by molar-refractivity contribution is 7.08. The molecular formula is C18H17ClN2O3S. The first-order valence-corrected chi connectivity index (χ1v) is 9.51. The van der Waals surface area contributed by atoms with Crippen molar-refractivity contribution < 1.29 is 14.3 Å². The van der Waals surface area contributed by atoms with Gasteiger partial charge in [0.25, 0.3) is 0 Å². The molecule has 5 nitrogen and oxygen atoms in total. The van der Waals surface area contributed by atoms with Gasteiger partial charge in [0.2, 0.25) is 11.8 Å². The quantitative estimate of drug-likeness (QED) is 0.862. The second-order valence-electron chi connectivity index (χ2n) is 6.31. The molecule has 2 aromatic rings. The van der Waals surface area contributed by atoms with Crippen molar-refractivity contribution in [1.82, 2.24) is 10.6 Å². The average molecular weight is 377 g/mol. The summed E-state index contributed by atoms with van der Waals surface area (Å²) in [6, 6.07) is 5.65. The first kappa shape index (κ1) is 16.4. The highest BCUT2D eigenvalue weighted by Gasteiger charge is 2.30. The number of halogens is 1. The van der Waals surface area contributed by atoms with E-state index in [1.165, 1.54) is 0 Å². The van der Waals surface area contributed by atoms with Crippen LogP contribution in [0.2, 0.25) is 5.02 Å². The van der Waals surface area contributed by atoms with E-state index in [9.17, 15) is 9.59 Å². The summed E-state index contributed by atoms with van der Waals surface area (Å²) in [5, 5.41) is 10.2. The number of carbonyl (C=O) groups excluding carboxylic acids is 2. The van der Waals surface area contributed by atoms with Crippen LogP contribution in [0.25, 0.3) is 11.1 Å². The molecule has 2 atom stereocenters. The summed E-state index contributed by atoms with van der Waals surface area (Å²) in [7, 11) is 0. The fraction of sp³-hybridized carbons (Fsp3) is 0.333. The molecule has 3 heterocycles. The molecule has 2 aliphatic heterocycles. The molecule has 4 rings (SSSR count). The summed E-state index contributed by atoms with van der Waals surface area (Å²) in [4.78, 5) is 23.3. The summed E-state index contributed by atoms with van der Waals surface area (Å²) in [6.07, 6.45) is 1.51. The standard InChI is InChI=1S/C18H17ClN2O3S/c19-14-7-11(10-3-4-25-9-10)5-12-6-13(24-17(12)14)8-20-18(23)15-1-2-16(22)21-15/h3-5,7,9,13,15H,1-2,6,8H2,(H,20,23)(H,21,22)/t13-,15+/m1/s1. The maximum Gasteiger partial charge on any atom is 0.242 e. The Bertz CT molecular complexity index is 822. The Labute approximate surface area is 154 Å². The molecule has 0 saturated carbocycles. The van der Waals surface area contributed by atoms with Crippen molar-refractivity contribution in [1.29, 1.82) is 0 Å². The number of amides is 2. The van der Waals surface area contributed by atoms with Gasteiger partial charge in [-0.1, -0.05) is 11.6 Å². The van der Waals surface area contributed by atoms with Crippen molar-refractivity contribution in [3.05, 3.63) is 39.5 Å². The molecule has 0 spiro atoms. The fourth-order valence-corrected chi connectivity index (χ4v) is 4.19. The van der Waals surface area contributed by atoms with Crippen molar-refractivity contribution in [3.8, 4) is 16.9 Å². The number of carbonyl (C=O) groups is 2. The normalized spacial score (nSPS) is 21.6. The van der Waals surface area contributed by atoms with Crippen molar-refractivity contribution in [3.63, 3.8) is 0 Å². The molecule has 1 aromatic carbocycles. The first-order chi connectivity index (χ1) is 12.1. The molecule has 1 saturated heterocycles. The molecule has 0 aliphatic carbocycles. The van der Waals surface area contributed by atoms with Crippen LogP contribution in [0.15, 0.2) is 29.0 Å². The highest BCUT2D eigenvalue weighted by atomic mass is 35.5. The van der Waals surface area contributed by atoms with E-state index in [4.69, 9.17) is 16.3 Å². The SMILES string of the molecule is O=C1CC[C@@H](C(=O)NC[C@H]2Cc3cc(-c4ccsc4)cc(Cl)c3O2)N1. The van der Waals surface area contributed by atoms with E-state index in [1.807, 2.05) is 11.4 Å². The summed E-state index contributed by atoms with van der Waals surface area (Å²) in [5.41, 5.74) is 3.28. The Hall–Kier alpha value is -2.05. The largest absolute Gasteiger partial charge is 0.486 e. The topological polar surface area (TPSA) is 67.4 Å². The Morgan fingerprint density at radius 3 is 3.00 bits per heavy atom. The number of benzene rings is 1. The van der Waals surface area contributed by atoms with Gasteiger partial charge in [-0.05, 0) is 46.5 Å². The Morgan fingerprint density at radius 2 is 2.28 bits per heavy atom. The van der Waals surface area contributed by atoms with Crippen LogP contribution in [0.1, 0.15) is 18.4 Å². The molecule has 0 unspecified atom stereocenters. The van der Waals surface area contributed by atoms with E-state index < -0.39 is 6.04 Å². The molecule has 2 aliphatic rings. The number of ether oxygens (including phenoxy) is 1. The number of nitrogens with one attached hydrogen (secondary N) is 2. The van der Waals surface area contributed by atoms with Gasteiger partial charge < -0.3 is 15.4 Å². The van der Waals surface area contributed by atoms with Gasteiger partial charge in [-0.2, -0.15) is 11.3 Å². The monoisotopic (exact) mass is 376 g/mol. The minimum absolute atomic E-state index is 0.0718. The zero-order valence-electron chi connectivity index (χ0n) is 13.4. The minimum atomic E-state index is -0.426. The molecule has 2 amide bonds. The van der Waals surface area contributed by atoms with Crippen molar-refractivity contribution in [2.75, 3.05) is 6.54 Å². The lowest BCUT2D eigenvalue weighted by Crippen LogP contribution is -2.44. The molecule has 0 bridgehead atoms. The van der Waals surface area contributed by atoms with Crippen LogP contribution in [0.5, 0.6) is 5.75 Å². The molecule has 1 fully saturated rings. The van der Waals surface area contributed by atoms with Crippen molar-refractivity contribution in [2.24, 2.45) is 0 Å². The Balaban J connectivity index is 1.40. The molecule has 25 heavy (non-hydrogen) atoms. The molecule has 1 aromatic heterocycles. The van der Waals surface area contributed by atoms with Gasteiger partial charge in [0.15, 0.2) is 0 Å². The van der Waals surface area contributed by atoms with Gasteiger partial charge in [-0.25, -0.2) is 0 Å². The van der Waals surface area contributed by atoms with Gasteiger partial charge in [0.1, 0.15) is 17.9 Å². The van der Waals surface area contributed by atoms with Crippen molar-refractivity contribution >= 4 is 34.8 Å². The van der Waals surface area contributed by atoms with E-state index >= 15 is 0 Å². The smallest absolute Gasteiger partial charge is 0.242 e. The van der Waals surface area contributed by atoms with Crippen LogP contribution < -0.4 is 15.4 Å². The van der Waals surface area contributed by atoms with Gasteiger partial charge in [-0.3, -0.25) is 9.59 Å². The van der Waals surface area contributed by atoms with E-state index in [0.717, 1.165) is 16.7 Å². The third-order valence-electron chi connectivity index (χ3n) is 4.52. The second-order valence-corrected chi connectivity index (χ2v) is 7.49. The number of rotatable bonds is 4. The minimum Gasteiger partial charge on any atom is -0.486 e. The third-order valence-corrected chi connectivity index (χ3v) is 5.49. The summed E-state index contributed by atoms with van der Waals surface area (Å²) in [6.45, 7) is 0.393. The predicted octanol–water partition coefficient (Wildman–Crippen LogP) is 2.77. The van der Waals surface area contributed by atoms with Crippen LogP contribution in [-0.2, 0) is 16.0 Å². The third kappa shape index (κ3) is 3.37. The van der Waals surface area contributed by atoms with E-state index in [1.54, 1.807) is 11.3 Å². The lowest BCUT2D eigenvalue weighted by molar-refractivity contribution is -0.126. The molecule has 2 N–H and O–H groups in total. The molecule has 0 radical (unpaired) electrons.